The molecule has 1 fully saturated rings. The van der Waals surface area contributed by atoms with Crippen molar-refractivity contribution < 1.29 is 9.53 Å². The molecule has 0 bridgehead atoms. The first kappa shape index (κ1) is 22.2. The Morgan fingerprint density at radius 3 is 2.84 bits per heavy atom. The molecule has 168 valence electrons. The van der Waals surface area contributed by atoms with E-state index in [9.17, 15) is 4.79 Å². The highest BCUT2D eigenvalue weighted by atomic mass is 16.5. The van der Waals surface area contributed by atoms with Gasteiger partial charge in [-0.05, 0) is 32.0 Å². The van der Waals surface area contributed by atoms with Crippen LogP contribution >= 0.6 is 0 Å². The monoisotopic (exact) mass is 433 g/mol. The van der Waals surface area contributed by atoms with Gasteiger partial charge >= 0.3 is 0 Å². The number of fused-ring (bicyclic) bond motifs is 1. The van der Waals surface area contributed by atoms with E-state index in [0.29, 0.717) is 18.7 Å². The normalized spacial score (nSPS) is 17.0. The lowest BCUT2D eigenvalue weighted by Crippen LogP contribution is -2.38. The molecule has 2 aromatic heterocycles. The van der Waals surface area contributed by atoms with Crippen LogP contribution in [-0.2, 0) is 11.3 Å². The third kappa shape index (κ3) is 4.89. The van der Waals surface area contributed by atoms with Gasteiger partial charge in [-0.25, -0.2) is 9.97 Å². The summed E-state index contributed by atoms with van der Waals surface area (Å²) in [5.74, 6) is 0.894. The van der Waals surface area contributed by atoms with Crippen molar-refractivity contribution >= 4 is 22.6 Å². The van der Waals surface area contributed by atoms with Gasteiger partial charge in [-0.1, -0.05) is 24.3 Å². The van der Waals surface area contributed by atoms with Gasteiger partial charge in [0.1, 0.15) is 11.9 Å². The van der Waals surface area contributed by atoms with Gasteiger partial charge in [0.2, 0.25) is 0 Å². The number of hydrogen-bond donors (Lipinski definition) is 1. The largest absolute Gasteiger partial charge is 0.369 e. The predicted molar refractivity (Wildman–Crippen MR) is 127 cm³/mol. The average Bonchev–Trinajstić information content (AvgIpc) is 2.78. The maximum absolute atomic E-state index is 12.9. The zero-order valence-electron chi connectivity index (χ0n) is 19.2. The van der Waals surface area contributed by atoms with Gasteiger partial charge in [0.15, 0.2) is 0 Å². The molecule has 1 aliphatic heterocycles. The number of benzene rings is 1. The summed E-state index contributed by atoms with van der Waals surface area (Å²) in [6.07, 6.45) is 1.63. The zero-order chi connectivity index (χ0) is 22.7. The van der Waals surface area contributed by atoms with Gasteiger partial charge in [-0.3, -0.25) is 9.69 Å². The minimum atomic E-state index is -0.196. The number of ether oxygens (including phenoxy) is 1. The molecule has 3 aromatic rings. The van der Waals surface area contributed by atoms with Crippen LogP contribution in [0.2, 0.25) is 0 Å². The van der Waals surface area contributed by atoms with Crippen LogP contribution in [-0.4, -0.2) is 60.6 Å². The number of rotatable bonds is 6. The van der Waals surface area contributed by atoms with Crippen LogP contribution in [0.4, 0.5) is 5.82 Å². The van der Waals surface area contributed by atoms with E-state index in [4.69, 9.17) is 9.72 Å². The number of morpholine rings is 1. The lowest BCUT2D eigenvalue weighted by Gasteiger charge is -2.33. The first-order valence-corrected chi connectivity index (χ1v) is 11.1. The SMILES string of the molecule is CC(C)NC(=O)c1cc([C@H]2CN(Cc3cccnc3N(C)C)CCO2)nc2ccccc12. The van der Waals surface area contributed by atoms with E-state index in [1.165, 1.54) is 5.56 Å². The molecule has 1 amide bonds. The lowest BCUT2D eigenvalue weighted by molar-refractivity contribution is -0.0348. The van der Waals surface area contributed by atoms with Crippen molar-refractivity contribution in [3.63, 3.8) is 0 Å². The number of pyridine rings is 2. The fraction of sp³-hybridized carbons (Fsp3) is 0.400. The summed E-state index contributed by atoms with van der Waals surface area (Å²) in [5, 5.41) is 3.86. The van der Waals surface area contributed by atoms with Crippen molar-refractivity contribution in [2.45, 2.75) is 32.5 Å². The third-order valence-electron chi connectivity index (χ3n) is 5.57. The average molecular weight is 434 g/mol. The number of amides is 1. The Kier molecular flexibility index (Phi) is 6.67. The van der Waals surface area contributed by atoms with Gasteiger partial charge in [-0.2, -0.15) is 0 Å². The second-order valence-corrected chi connectivity index (χ2v) is 8.72. The Labute approximate surface area is 189 Å². The highest BCUT2D eigenvalue weighted by Crippen LogP contribution is 2.27. The molecule has 0 saturated carbocycles. The standard InChI is InChI=1S/C25H31N5O2/c1-17(2)27-25(31)20-14-22(28-21-10-6-5-9-19(20)21)23-16-30(12-13-32-23)15-18-8-7-11-26-24(18)29(3)4/h5-11,14,17,23H,12-13,15-16H2,1-4H3,(H,27,31)/t23-/m1/s1. The highest BCUT2D eigenvalue weighted by Gasteiger charge is 2.26. The van der Waals surface area contributed by atoms with Crippen molar-refractivity contribution in [1.82, 2.24) is 20.2 Å². The van der Waals surface area contributed by atoms with Crippen LogP contribution in [0.5, 0.6) is 0 Å². The van der Waals surface area contributed by atoms with Crippen molar-refractivity contribution in [3.8, 4) is 0 Å². The van der Waals surface area contributed by atoms with E-state index in [1.54, 1.807) is 0 Å². The Balaban J connectivity index is 1.61. The van der Waals surface area contributed by atoms with E-state index in [2.05, 4.69) is 21.3 Å². The molecule has 0 spiro atoms. The molecule has 32 heavy (non-hydrogen) atoms. The molecule has 1 aromatic carbocycles. The van der Waals surface area contributed by atoms with E-state index in [-0.39, 0.29) is 18.1 Å². The zero-order valence-corrected chi connectivity index (χ0v) is 19.2. The second kappa shape index (κ2) is 9.63. The van der Waals surface area contributed by atoms with Crippen LogP contribution in [0.15, 0.2) is 48.7 Å². The van der Waals surface area contributed by atoms with Gasteiger partial charge in [0, 0.05) is 56.9 Å². The second-order valence-electron chi connectivity index (χ2n) is 8.72. The molecule has 1 N–H and O–H groups in total. The first-order chi connectivity index (χ1) is 15.4. The van der Waals surface area contributed by atoms with Crippen molar-refractivity contribution in [3.05, 3.63) is 65.5 Å². The Morgan fingerprint density at radius 2 is 2.06 bits per heavy atom. The van der Waals surface area contributed by atoms with Crippen LogP contribution in [0.25, 0.3) is 10.9 Å². The van der Waals surface area contributed by atoms with Gasteiger partial charge in [0.25, 0.3) is 5.91 Å². The minimum absolute atomic E-state index is 0.0599. The summed E-state index contributed by atoms with van der Waals surface area (Å²) in [5.41, 5.74) is 3.42. The summed E-state index contributed by atoms with van der Waals surface area (Å²) in [6, 6.07) is 13.8. The number of anilines is 1. The number of carbonyl (C=O) groups excluding carboxylic acids is 1. The van der Waals surface area contributed by atoms with Gasteiger partial charge < -0.3 is 15.0 Å². The smallest absolute Gasteiger partial charge is 0.252 e. The summed E-state index contributed by atoms with van der Waals surface area (Å²) in [4.78, 5) is 26.7. The number of nitrogens with one attached hydrogen (secondary N) is 1. The van der Waals surface area contributed by atoms with E-state index in [1.807, 2.05) is 75.4 Å². The fourth-order valence-electron chi connectivity index (χ4n) is 4.11. The van der Waals surface area contributed by atoms with Crippen LogP contribution in [0.1, 0.15) is 41.6 Å². The van der Waals surface area contributed by atoms with Crippen molar-refractivity contribution in [2.75, 3.05) is 38.7 Å². The fourth-order valence-corrected chi connectivity index (χ4v) is 4.11. The van der Waals surface area contributed by atoms with E-state index in [0.717, 1.165) is 35.5 Å². The van der Waals surface area contributed by atoms with E-state index >= 15 is 0 Å². The molecule has 0 radical (unpaired) electrons. The minimum Gasteiger partial charge on any atom is -0.369 e. The quantitative estimate of drug-likeness (QED) is 0.643. The van der Waals surface area contributed by atoms with Crippen molar-refractivity contribution in [2.24, 2.45) is 0 Å². The van der Waals surface area contributed by atoms with Crippen LogP contribution < -0.4 is 10.2 Å². The van der Waals surface area contributed by atoms with Crippen molar-refractivity contribution in [1.29, 1.82) is 0 Å². The van der Waals surface area contributed by atoms with Gasteiger partial charge in [0.05, 0.1) is 23.4 Å². The van der Waals surface area contributed by atoms with Crippen LogP contribution in [0.3, 0.4) is 0 Å². The molecule has 1 saturated heterocycles. The summed E-state index contributed by atoms with van der Waals surface area (Å²) in [6.45, 7) is 6.88. The molecule has 7 heteroatoms. The molecule has 7 nitrogen and oxygen atoms in total. The number of para-hydroxylation sites is 1. The van der Waals surface area contributed by atoms with Crippen LogP contribution in [0, 0.1) is 0 Å². The molecule has 1 atom stereocenters. The molecular formula is C25H31N5O2. The maximum atomic E-state index is 12.9. The number of nitrogens with zero attached hydrogens (tertiary/aromatic N) is 4. The molecule has 1 aliphatic rings. The number of carbonyl (C=O) groups is 1. The van der Waals surface area contributed by atoms with E-state index < -0.39 is 0 Å². The predicted octanol–water partition coefficient (Wildman–Crippen LogP) is 3.41. The Bertz CT molecular complexity index is 1100. The molecule has 0 unspecified atom stereocenters. The first-order valence-electron chi connectivity index (χ1n) is 11.1. The summed E-state index contributed by atoms with van der Waals surface area (Å²) >= 11 is 0. The number of aromatic nitrogens is 2. The van der Waals surface area contributed by atoms with Gasteiger partial charge in [-0.15, -0.1) is 0 Å². The Morgan fingerprint density at radius 1 is 1.25 bits per heavy atom. The molecule has 4 rings (SSSR count). The summed E-state index contributed by atoms with van der Waals surface area (Å²) < 4.78 is 6.11. The molecule has 3 heterocycles. The summed E-state index contributed by atoms with van der Waals surface area (Å²) in [7, 11) is 4.02. The lowest BCUT2D eigenvalue weighted by atomic mass is 10.0. The highest BCUT2D eigenvalue weighted by molar-refractivity contribution is 6.06. The molecular weight excluding hydrogens is 402 g/mol. The maximum Gasteiger partial charge on any atom is 0.252 e. The Hall–Kier alpha value is -3.03. The number of hydrogen-bond acceptors (Lipinski definition) is 6. The molecule has 0 aliphatic carbocycles. The third-order valence-corrected chi connectivity index (χ3v) is 5.57. The topological polar surface area (TPSA) is 70.6 Å².